The van der Waals surface area contributed by atoms with Crippen molar-refractivity contribution in [1.82, 2.24) is 14.6 Å². The third kappa shape index (κ3) is 5.27. The van der Waals surface area contributed by atoms with Gasteiger partial charge in [-0.05, 0) is 48.5 Å². The predicted octanol–water partition coefficient (Wildman–Crippen LogP) is 7.32. The highest BCUT2D eigenvalue weighted by Crippen LogP contribution is 2.37. The molecule has 208 valence electrons. The van der Waals surface area contributed by atoms with Crippen LogP contribution in [0.2, 0.25) is 0 Å². The van der Waals surface area contributed by atoms with E-state index in [1.807, 2.05) is 18.2 Å². The van der Waals surface area contributed by atoms with Crippen LogP contribution in [0.3, 0.4) is 0 Å². The average Bonchev–Trinajstić information content (AvgIpc) is 3.41. The van der Waals surface area contributed by atoms with Crippen LogP contribution in [0, 0.1) is 10.1 Å². The molecule has 3 aromatic carbocycles. The minimum absolute atomic E-state index is 0.0922. The zero-order valence-electron chi connectivity index (χ0n) is 21.5. The van der Waals surface area contributed by atoms with Crippen molar-refractivity contribution < 1.29 is 18.8 Å². The quantitative estimate of drug-likeness (QED) is 0.0966. The lowest BCUT2D eigenvalue weighted by Gasteiger charge is -2.13. The van der Waals surface area contributed by atoms with Crippen molar-refractivity contribution in [2.24, 2.45) is 5.10 Å². The molecule has 13 heteroatoms. The van der Waals surface area contributed by atoms with Gasteiger partial charge in [0.1, 0.15) is 11.8 Å². The Bertz CT molecular complexity index is 2090. The zero-order chi connectivity index (χ0) is 29.4. The lowest BCUT2D eigenvalue weighted by atomic mass is 10.2. The molecule has 0 aliphatic rings. The monoisotopic (exact) mass is 689 g/mol. The summed E-state index contributed by atoms with van der Waals surface area (Å²) in [7, 11) is 1.47. The van der Waals surface area contributed by atoms with Crippen LogP contribution in [0.15, 0.2) is 102 Å². The Morgan fingerprint density at radius 3 is 2.64 bits per heavy atom. The van der Waals surface area contributed by atoms with Crippen LogP contribution in [0.1, 0.15) is 5.56 Å². The molecule has 0 aliphatic heterocycles. The first-order valence-corrected chi connectivity index (χ1v) is 13.8. The molecule has 0 aliphatic carbocycles. The van der Waals surface area contributed by atoms with Crippen molar-refractivity contribution in [3.8, 4) is 29.0 Å². The largest absolute Gasteiger partial charge is 0.493 e. The minimum atomic E-state index is -0.553. The van der Waals surface area contributed by atoms with Crippen molar-refractivity contribution in [3.63, 3.8) is 0 Å². The van der Waals surface area contributed by atoms with Gasteiger partial charge in [-0.15, -0.1) is 0 Å². The van der Waals surface area contributed by atoms with Crippen molar-refractivity contribution in [1.29, 1.82) is 0 Å². The van der Waals surface area contributed by atoms with Crippen LogP contribution in [-0.4, -0.2) is 32.9 Å². The Balaban J connectivity index is 1.50. The van der Waals surface area contributed by atoms with E-state index in [0.717, 1.165) is 20.7 Å². The minimum Gasteiger partial charge on any atom is -0.493 e. The molecular formula is C29H17Br2N5O6. The Hall–Kier alpha value is -4.88. The lowest BCUT2D eigenvalue weighted by Crippen LogP contribution is -2.20. The number of pyridine rings is 1. The third-order valence-electron chi connectivity index (χ3n) is 6.17. The van der Waals surface area contributed by atoms with Gasteiger partial charge in [-0.25, -0.2) is 9.97 Å². The summed E-state index contributed by atoms with van der Waals surface area (Å²) in [6.45, 7) is 0. The van der Waals surface area contributed by atoms with Gasteiger partial charge in [0.15, 0.2) is 17.3 Å². The molecule has 3 heterocycles. The van der Waals surface area contributed by atoms with Crippen molar-refractivity contribution in [3.05, 3.63) is 114 Å². The number of rotatable bonds is 7. The lowest BCUT2D eigenvalue weighted by molar-refractivity contribution is -0.385. The Morgan fingerprint density at radius 2 is 1.88 bits per heavy atom. The molecule has 0 bridgehead atoms. The number of fused-ring (bicyclic) bond motifs is 2. The van der Waals surface area contributed by atoms with Gasteiger partial charge in [-0.1, -0.05) is 44.0 Å². The van der Waals surface area contributed by atoms with E-state index in [9.17, 15) is 14.9 Å². The molecule has 0 saturated heterocycles. The van der Waals surface area contributed by atoms with Crippen molar-refractivity contribution in [2.45, 2.75) is 0 Å². The van der Waals surface area contributed by atoms with E-state index in [-0.39, 0.29) is 23.1 Å². The summed E-state index contributed by atoms with van der Waals surface area (Å²) in [5.74, 6) is 1.19. The van der Waals surface area contributed by atoms with E-state index in [1.54, 1.807) is 42.5 Å². The third-order valence-corrected chi connectivity index (χ3v) is 7.12. The summed E-state index contributed by atoms with van der Waals surface area (Å²) in [4.78, 5) is 32.9. The normalized spacial score (nSPS) is 11.4. The number of furan rings is 1. The van der Waals surface area contributed by atoms with Crippen LogP contribution < -0.4 is 15.0 Å². The molecule has 6 rings (SSSR count). The molecule has 0 saturated carbocycles. The van der Waals surface area contributed by atoms with Gasteiger partial charge in [0.2, 0.25) is 11.7 Å². The Kier molecular flexibility index (Phi) is 7.27. The fraction of sp³-hybridized carbons (Fsp3) is 0.0345. The standard InChI is InChI=1S/C29H17Br2N5O6/c1-40-24-13-19(31)11-17(27(24)42-26-9-7-20(15-32-26)36(38)39)14-33-35-28(34-22-5-3-2-4-21(22)29(35)37)25-12-16-10-18(30)6-8-23(16)41-25/h2-15H,1H3. The van der Waals surface area contributed by atoms with Crippen molar-refractivity contribution in [2.75, 3.05) is 7.11 Å². The number of nitrogens with zero attached hydrogens (tertiary/aromatic N) is 5. The van der Waals surface area contributed by atoms with E-state index in [2.05, 4.69) is 41.9 Å². The number of ether oxygens (including phenoxy) is 2. The summed E-state index contributed by atoms with van der Waals surface area (Å²) in [6, 6.07) is 20.4. The highest BCUT2D eigenvalue weighted by Gasteiger charge is 2.18. The molecule has 0 N–H and O–H groups in total. The summed E-state index contributed by atoms with van der Waals surface area (Å²) in [5, 5.41) is 16.7. The second-order valence-corrected chi connectivity index (χ2v) is 10.7. The van der Waals surface area contributed by atoms with Gasteiger partial charge in [0.05, 0.1) is 29.2 Å². The molecule has 3 aromatic heterocycles. The highest BCUT2D eigenvalue weighted by atomic mass is 79.9. The van der Waals surface area contributed by atoms with Crippen LogP contribution in [0.4, 0.5) is 5.69 Å². The first kappa shape index (κ1) is 27.3. The van der Waals surface area contributed by atoms with Gasteiger partial charge in [0, 0.05) is 32.0 Å². The maximum Gasteiger partial charge on any atom is 0.287 e. The number of aromatic nitrogens is 3. The summed E-state index contributed by atoms with van der Waals surface area (Å²) >= 11 is 6.93. The maximum absolute atomic E-state index is 13.7. The SMILES string of the molecule is COc1cc(Br)cc(C=Nn2c(-c3cc4cc(Br)ccc4o3)nc3ccccc3c2=O)c1Oc1ccc([N+](=O)[O-])cn1. The number of nitro groups is 1. The fourth-order valence-corrected chi connectivity index (χ4v) is 5.06. The van der Waals surface area contributed by atoms with Crippen molar-refractivity contribution >= 4 is 65.6 Å². The first-order valence-electron chi connectivity index (χ1n) is 12.2. The second-order valence-electron chi connectivity index (χ2n) is 8.85. The number of hydrogen-bond donors (Lipinski definition) is 0. The smallest absolute Gasteiger partial charge is 0.287 e. The molecule has 6 aromatic rings. The van der Waals surface area contributed by atoms with Crippen LogP contribution in [0.25, 0.3) is 33.5 Å². The molecule has 11 nitrogen and oxygen atoms in total. The van der Waals surface area contributed by atoms with E-state index < -0.39 is 10.5 Å². The topological polar surface area (TPSA) is 135 Å². The second kappa shape index (κ2) is 11.2. The molecule has 0 unspecified atom stereocenters. The molecule has 0 radical (unpaired) electrons. The molecule has 42 heavy (non-hydrogen) atoms. The van der Waals surface area contributed by atoms with Gasteiger partial charge in [-0.3, -0.25) is 14.9 Å². The average molecular weight is 691 g/mol. The van der Waals surface area contributed by atoms with Crippen LogP contribution in [-0.2, 0) is 0 Å². The number of para-hydroxylation sites is 1. The summed E-state index contributed by atoms with van der Waals surface area (Å²) in [6.07, 6.45) is 2.52. The molecule has 0 spiro atoms. The van der Waals surface area contributed by atoms with Crippen LogP contribution >= 0.6 is 31.9 Å². The summed E-state index contributed by atoms with van der Waals surface area (Å²) in [5.41, 5.74) is 0.938. The highest BCUT2D eigenvalue weighted by molar-refractivity contribution is 9.10. The molecule has 0 atom stereocenters. The number of hydrogen-bond acceptors (Lipinski definition) is 9. The van der Waals surface area contributed by atoms with Gasteiger partial charge in [0.25, 0.3) is 11.2 Å². The Morgan fingerprint density at radius 1 is 1.05 bits per heavy atom. The predicted molar refractivity (Wildman–Crippen MR) is 164 cm³/mol. The summed E-state index contributed by atoms with van der Waals surface area (Å²) < 4.78 is 20.3. The van der Waals surface area contributed by atoms with E-state index in [1.165, 1.54) is 25.5 Å². The number of benzene rings is 3. The van der Waals surface area contributed by atoms with Crippen LogP contribution in [0.5, 0.6) is 17.4 Å². The molecule has 0 fully saturated rings. The maximum atomic E-state index is 13.7. The fourth-order valence-electron chi connectivity index (χ4n) is 4.23. The van der Waals surface area contributed by atoms with Gasteiger partial charge in [-0.2, -0.15) is 9.78 Å². The first-order chi connectivity index (χ1) is 20.3. The van der Waals surface area contributed by atoms with Gasteiger partial charge < -0.3 is 13.9 Å². The molecule has 0 amide bonds. The number of halogens is 2. The zero-order valence-corrected chi connectivity index (χ0v) is 24.7. The van der Waals surface area contributed by atoms with Gasteiger partial charge >= 0.3 is 0 Å². The Labute approximate surface area is 253 Å². The van der Waals surface area contributed by atoms with E-state index >= 15 is 0 Å². The van der Waals surface area contributed by atoms with E-state index in [4.69, 9.17) is 18.9 Å². The van der Waals surface area contributed by atoms with E-state index in [0.29, 0.717) is 38.0 Å². The molecular weight excluding hydrogens is 674 g/mol. The number of methoxy groups -OCH3 is 1.